The van der Waals surface area contributed by atoms with Crippen LogP contribution < -0.4 is 9.97 Å². The first-order chi connectivity index (χ1) is 16.6. The second-order valence-electron chi connectivity index (χ2n) is 7.75. The highest BCUT2D eigenvalue weighted by Gasteiger charge is 2.38. The molecular weight excluding hydrogens is 472 g/mol. The molecule has 9 nitrogen and oxygen atoms in total. The minimum atomic E-state index is -4.35. The number of benzene rings is 1. The van der Waals surface area contributed by atoms with Gasteiger partial charge in [-0.2, -0.15) is 13.2 Å². The topological polar surface area (TPSA) is 124 Å². The van der Waals surface area contributed by atoms with E-state index in [4.69, 9.17) is 14.1 Å². The van der Waals surface area contributed by atoms with Gasteiger partial charge in [0.05, 0.1) is 12.4 Å². The fourth-order valence-corrected chi connectivity index (χ4v) is 3.38. The van der Waals surface area contributed by atoms with Crippen LogP contribution in [-0.4, -0.2) is 53.9 Å². The highest BCUT2D eigenvalue weighted by atomic mass is 19.4. The molecule has 35 heavy (non-hydrogen) atoms. The van der Waals surface area contributed by atoms with Gasteiger partial charge in [0.25, 0.3) is 0 Å². The number of nitrogens with zero attached hydrogens (tertiary/aromatic N) is 1. The molecule has 1 aliphatic rings. The summed E-state index contributed by atoms with van der Waals surface area (Å²) < 4.78 is 52.0. The van der Waals surface area contributed by atoms with Crippen molar-refractivity contribution in [1.82, 2.24) is 10.3 Å². The van der Waals surface area contributed by atoms with E-state index in [1.807, 2.05) is 0 Å². The fourth-order valence-electron chi connectivity index (χ4n) is 3.38. The Bertz CT molecular complexity index is 1050. The van der Waals surface area contributed by atoms with Gasteiger partial charge in [0.1, 0.15) is 11.3 Å². The van der Waals surface area contributed by atoms with Crippen LogP contribution in [0, 0.1) is 0 Å². The number of carbonyl (C=O) groups excluding carboxylic acids is 3. The average Bonchev–Trinajstić information content (AvgIpc) is 2.79. The largest absolute Gasteiger partial charge is 0.547 e. The molecule has 0 radical (unpaired) electrons. The van der Waals surface area contributed by atoms with E-state index in [0.29, 0.717) is 11.1 Å². The number of para-hydroxylation sites is 1. The molecule has 1 aromatic heterocycles. The van der Waals surface area contributed by atoms with E-state index >= 15 is 0 Å². The molecule has 1 aromatic carbocycles. The number of nitrogens with one attached hydrogen (secondary N) is 1. The second kappa shape index (κ2) is 11.7. The number of pyridine rings is 1. The summed E-state index contributed by atoms with van der Waals surface area (Å²) in [5, 5.41) is 12.7. The van der Waals surface area contributed by atoms with Crippen LogP contribution in [0.3, 0.4) is 0 Å². The number of aromatic nitrogens is 1. The Balaban J connectivity index is 1.52. The summed E-state index contributed by atoms with van der Waals surface area (Å²) in [6, 6.07) is 7.89. The van der Waals surface area contributed by atoms with E-state index in [-0.39, 0.29) is 37.0 Å². The third kappa shape index (κ3) is 7.99. The normalized spacial score (nSPS) is 15.0. The zero-order valence-electron chi connectivity index (χ0n) is 18.4. The summed E-state index contributed by atoms with van der Waals surface area (Å²) in [6.45, 7) is -0.638. The third-order valence-corrected chi connectivity index (χ3v) is 5.03. The summed E-state index contributed by atoms with van der Waals surface area (Å²) in [7, 11) is -1.54. The summed E-state index contributed by atoms with van der Waals surface area (Å²) in [5.41, 5.74) is 1.07. The Hall–Kier alpha value is -3.61. The monoisotopic (exact) mass is 494 g/mol. The number of hydrogen-bond acceptors (Lipinski definition) is 8. The second-order valence-corrected chi connectivity index (χ2v) is 7.75. The van der Waals surface area contributed by atoms with Crippen molar-refractivity contribution in [3.8, 4) is 5.75 Å². The van der Waals surface area contributed by atoms with Gasteiger partial charge in [-0.15, -0.1) is 0 Å². The van der Waals surface area contributed by atoms with Crippen molar-refractivity contribution in [2.75, 3.05) is 6.79 Å². The number of esters is 2. The molecule has 1 amide bonds. The zero-order chi connectivity index (χ0) is 25.4. The van der Waals surface area contributed by atoms with E-state index in [0.717, 1.165) is 0 Å². The van der Waals surface area contributed by atoms with Crippen LogP contribution in [0.2, 0.25) is 0 Å². The molecule has 3 rings (SSSR count). The summed E-state index contributed by atoms with van der Waals surface area (Å²) in [6.07, 6.45) is -3.09. The molecule has 0 fully saturated rings. The standard InChI is InChI=1S/C22H22BF3N2O7/c24-22(25,26)8-2-7-18(29)28-17-11-15-5-1-6-16(20(15)35-23(17)32)21(31)34-13-33-19(30)10-14-4-3-9-27-12-14/h1,3-6,9,12,17,32H,2,7-8,10-11,13H2,(H,28,29)/t17-/m0/s1. The van der Waals surface area contributed by atoms with Crippen molar-refractivity contribution in [1.29, 1.82) is 0 Å². The van der Waals surface area contributed by atoms with Crippen molar-refractivity contribution in [3.63, 3.8) is 0 Å². The molecule has 0 saturated carbocycles. The lowest BCUT2D eigenvalue weighted by molar-refractivity contribution is -0.151. The van der Waals surface area contributed by atoms with Crippen LogP contribution in [0.1, 0.15) is 40.7 Å². The van der Waals surface area contributed by atoms with Gasteiger partial charge in [-0.05, 0) is 36.1 Å². The molecular formula is C22H22BF3N2O7. The lowest BCUT2D eigenvalue weighted by Gasteiger charge is -2.29. The molecule has 0 aliphatic carbocycles. The number of ether oxygens (including phenoxy) is 2. The lowest BCUT2D eigenvalue weighted by Crippen LogP contribution is -2.53. The Morgan fingerprint density at radius 2 is 2.00 bits per heavy atom. The first kappa shape index (κ1) is 26.0. The number of alkyl halides is 3. The highest BCUT2D eigenvalue weighted by Crippen LogP contribution is 2.31. The fraction of sp³-hybridized carbons (Fsp3) is 0.364. The van der Waals surface area contributed by atoms with Gasteiger partial charge in [-0.3, -0.25) is 14.6 Å². The predicted octanol–water partition coefficient (Wildman–Crippen LogP) is 2.15. The number of fused-ring (bicyclic) bond motifs is 1. The minimum absolute atomic E-state index is 0.0280. The predicted molar refractivity (Wildman–Crippen MR) is 115 cm³/mol. The molecule has 0 unspecified atom stereocenters. The highest BCUT2D eigenvalue weighted by molar-refractivity contribution is 6.47. The lowest BCUT2D eigenvalue weighted by atomic mass is 9.72. The van der Waals surface area contributed by atoms with Crippen molar-refractivity contribution >= 4 is 25.0 Å². The van der Waals surface area contributed by atoms with E-state index in [1.165, 1.54) is 18.3 Å². The quantitative estimate of drug-likeness (QED) is 0.309. The number of halogens is 3. The van der Waals surface area contributed by atoms with Crippen LogP contribution in [0.5, 0.6) is 5.75 Å². The van der Waals surface area contributed by atoms with Crippen molar-refractivity contribution in [3.05, 3.63) is 59.4 Å². The maximum absolute atomic E-state index is 12.5. The maximum atomic E-state index is 12.5. The SMILES string of the molecule is O=C(CCCC(F)(F)F)N[C@H]1Cc2cccc(C(=O)OCOC(=O)Cc3cccnc3)c2OB1O. The van der Waals surface area contributed by atoms with Gasteiger partial charge in [0.2, 0.25) is 12.7 Å². The number of rotatable bonds is 9. The van der Waals surface area contributed by atoms with Crippen molar-refractivity contribution in [2.45, 2.75) is 44.2 Å². The van der Waals surface area contributed by atoms with Crippen LogP contribution in [0.4, 0.5) is 13.2 Å². The number of amides is 1. The van der Waals surface area contributed by atoms with Crippen LogP contribution in [0.15, 0.2) is 42.7 Å². The maximum Gasteiger partial charge on any atom is 0.547 e. The minimum Gasteiger partial charge on any atom is -0.534 e. The van der Waals surface area contributed by atoms with E-state index in [1.54, 1.807) is 24.4 Å². The van der Waals surface area contributed by atoms with Crippen molar-refractivity contribution in [2.24, 2.45) is 0 Å². The molecule has 0 saturated heterocycles. The molecule has 0 bridgehead atoms. The van der Waals surface area contributed by atoms with E-state index < -0.39 is 50.3 Å². The molecule has 1 aliphatic heterocycles. The molecule has 2 N–H and O–H groups in total. The first-order valence-corrected chi connectivity index (χ1v) is 10.7. The molecule has 0 spiro atoms. The Morgan fingerprint density at radius 1 is 1.20 bits per heavy atom. The number of hydrogen-bond donors (Lipinski definition) is 2. The molecule has 186 valence electrons. The van der Waals surface area contributed by atoms with Gasteiger partial charge < -0.3 is 24.5 Å². The van der Waals surface area contributed by atoms with Gasteiger partial charge >= 0.3 is 25.2 Å². The van der Waals surface area contributed by atoms with Gasteiger partial charge in [-0.1, -0.05) is 18.2 Å². The van der Waals surface area contributed by atoms with E-state index in [9.17, 15) is 32.6 Å². The molecule has 2 heterocycles. The van der Waals surface area contributed by atoms with E-state index in [2.05, 4.69) is 10.3 Å². The zero-order valence-corrected chi connectivity index (χ0v) is 18.4. The summed E-state index contributed by atoms with van der Waals surface area (Å²) >= 11 is 0. The Labute approximate surface area is 198 Å². The van der Waals surface area contributed by atoms with Crippen molar-refractivity contribution < 1.29 is 46.7 Å². The van der Waals surface area contributed by atoms with Crippen LogP contribution in [-0.2, 0) is 31.9 Å². The smallest absolute Gasteiger partial charge is 0.534 e. The van der Waals surface area contributed by atoms with Gasteiger partial charge in [-0.25, -0.2) is 4.79 Å². The summed E-state index contributed by atoms with van der Waals surface area (Å²) in [5.74, 6) is -3.02. The molecule has 2 aromatic rings. The Morgan fingerprint density at radius 3 is 2.71 bits per heavy atom. The van der Waals surface area contributed by atoms with Gasteiger partial charge in [0.15, 0.2) is 0 Å². The first-order valence-electron chi connectivity index (χ1n) is 10.7. The third-order valence-electron chi connectivity index (χ3n) is 5.03. The molecule has 13 heteroatoms. The van der Waals surface area contributed by atoms with Crippen LogP contribution >= 0.6 is 0 Å². The van der Waals surface area contributed by atoms with Crippen LogP contribution in [0.25, 0.3) is 0 Å². The molecule has 1 atom stereocenters. The van der Waals surface area contributed by atoms with Gasteiger partial charge in [0, 0.05) is 25.2 Å². The Kier molecular flexibility index (Phi) is 8.69. The average molecular weight is 494 g/mol. The number of carbonyl (C=O) groups is 3. The summed E-state index contributed by atoms with van der Waals surface area (Å²) in [4.78, 5) is 40.2.